The van der Waals surface area contributed by atoms with Crippen molar-refractivity contribution in [3.05, 3.63) is 270 Å². The highest BCUT2D eigenvalue weighted by molar-refractivity contribution is 5.93. The van der Waals surface area contributed by atoms with Gasteiger partial charge in [0.15, 0.2) is 0 Å². The smallest absolute Gasteiger partial charge is 0.132 e. The highest BCUT2D eigenvalue weighted by Crippen LogP contribution is 2.62. The summed E-state index contributed by atoms with van der Waals surface area (Å²) < 4.78 is 6.82. The maximum absolute atomic E-state index is 6.82. The Morgan fingerprint density at radius 2 is 0.788 bits per heavy atom. The second-order valence-electron chi connectivity index (χ2n) is 18.4. The van der Waals surface area contributed by atoms with Gasteiger partial charge in [-0.1, -0.05) is 196 Å². The Labute approximate surface area is 386 Å². The molecule has 13 rings (SSSR count). The minimum Gasteiger partial charge on any atom is -0.457 e. The molecule has 2 heteroatoms. The Balaban J connectivity index is 0.981. The molecule has 0 fully saturated rings. The minimum absolute atomic E-state index is 0.213. The third-order valence-electron chi connectivity index (χ3n) is 14.5. The molecule has 1 spiro atoms. The van der Waals surface area contributed by atoms with Gasteiger partial charge in [-0.15, -0.1) is 0 Å². The molecule has 10 aromatic carbocycles. The van der Waals surface area contributed by atoms with Crippen molar-refractivity contribution >= 4 is 17.1 Å². The molecule has 312 valence electrons. The Morgan fingerprint density at radius 1 is 0.303 bits per heavy atom. The SMILES string of the molecule is CC1(C)c2cc(-c3ccccc3)ccc2-c2ccc(N(c3cccc(-c4ccc5c(c4)C4(c6ccccc6O5)c5ccccc5-c5ccccc54)c3)c3ccccc3-c3ccccc3)cc21. The number of rotatable bonds is 6. The number of nitrogens with zero attached hydrogens (tertiary/aromatic N) is 1. The van der Waals surface area contributed by atoms with Crippen LogP contribution in [0, 0.1) is 0 Å². The second-order valence-corrected chi connectivity index (χ2v) is 18.4. The van der Waals surface area contributed by atoms with Crippen molar-refractivity contribution < 1.29 is 4.74 Å². The number of hydrogen-bond donors (Lipinski definition) is 0. The molecule has 2 nitrogen and oxygen atoms in total. The van der Waals surface area contributed by atoms with Gasteiger partial charge in [0.25, 0.3) is 0 Å². The summed E-state index contributed by atoms with van der Waals surface area (Å²) in [4.78, 5) is 2.46. The van der Waals surface area contributed by atoms with Crippen LogP contribution in [0.4, 0.5) is 17.1 Å². The molecular weight excluding hydrogens is 799 g/mol. The van der Waals surface area contributed by atoms with E-state index in [2.05, 4.69) is 255 Å². The summed E-state index contributed by atoms with van der Waals surface area (Å²) in [6, 6.07) is 86.8. The van der Waals surface area contributed by atoms with E-state index in [0.29, 0.717) is 0 Å². The van der Waals surface area contributed by atoms with E-state index in [1.807, 2.05) is 0 Å². The summed E-state index contributed by atoms with van der Waals surface area (Å²) in [5.74, 6) is 1.78. The quantitative estimate of drug-likeness (QED) is 0.165. The summed E-state index contributed by atoms with van der Waals surface area (Å²) in [6.07, 6.45) is 0. The largest absolute Gasteiger partial charge is 0.457 e. The molecule has 0 unspecified atom stereocenters. The van der Waals surface area contributed by atoms with E-state index in [-0.39, 0.29) is 5.41 Å². The number of ether oxygens (including phenoxy) is 1. The monoisotopic (exact) mass is 843 g/mol. The average molecular weight is 844 g/mol. The standard InChI is InChI=1S/C64H45NO/c1-63(2)57-39-45(42-18-5-3-6-19-42)32-35-52(57)53-36-34-48(41-58(53)63)65(60-30-15-11-24-49(60)43-20-7-4-8-21-43)47-23-17-22-44(38-47)46-33-37-62-59(40-46)64(56-29-14-16-31-61(56)66-62)54-27-12-9-25-50(54)51-26-10-13-28-55(51)64/h3-41H,1-2H3. The summed E-state index contributed by atoms with van der Waals surface area (Å²) in [6.45, 7) is 4.76. The van der Waals surface area contributed by atoms with Crippen LogP contribution in [-0.4, -0.2) is 0 Å². The molecule has 3 aliphatic rings. The number of fused-ring (bicyclic) bond motifs is 12. The van der Waals surface area contributed by atoms with Gasteiger partial charge in [-0.3, -0.25) is 0 Å². The van der Waals surface area contributed by atoms with Crippen LogP contribution < -0.4 is 9.64 Å². The first kappa shape index (κ1) is 38.3. The van der Waals surface area contributed by atoms with Crippen LogP contribution in [0.25, 0.3) is 55.6 Å². The zero-order valence-electron chi connectivity index (χ0n) is 36.9. The Morgan fingerprint density at radius 3 is 1.53 bits per heavy atom. The fourth-order valence-electron chi connectivity index (χ4n) is 11.5. The average Bonchev–Trinajstić information content (AvgIpc) is 3.79. The first-order valence-electron chi connectivity index (χ1n) is 23.0. The predicted octanol–water partition coefficient (Wildman–Crippen LogP) is 16.9. The summed E-state index contributed by atoms with van der Waals surface area (Å²) in [7, 11) is 0. The lowest BCUT2D eigenvalue weighted by atomic mass is 9.66. The van der Waals surface area contributed by atoms with E-state index in [4.69, 9.17) is 4.74 Å². The maximum atomic E-state index is 6.82. The molecule has 0 aromatic heterocycles. The van der Waals surface area contributed by atoms with E-state index >= 15 is 0 Å². The molecule has 0 atom stereocenters. The Bertz CT molecular complexity index is 3500. The lowest BCUT2D eigenvalue weighted by molar-refractivity contribution is 0.436. The highest BCUT2D eigenvalue weighted by Gasteiger charge is 2.51. The molecule has 0 amide bonds. The summed E-state index contributed by atoms with van der Waals surface area (Å²) in [5.41, 5.74) is 22.4. The van der Waals surface area contributed by atoms with Crippen molar-refractivity contribution in [2.45, 2.75) is 24.7 Å². The number of anilines is 3. The van der Waals surface area contributed by atoms with Gasteiger partial charge in [0.1, 0.15) is 11.5 Å². The number of para-hydroxylation sites is 2. The minimum atomic E-state index is -0.539. The van der Waals surface area contributed by atoms with Crippen LogP contribution in [0.1, 0.15) is 47.2 Å². The van der Waals surface area contributed by atoms with Crippen molar-refractivity contribution in [2.24, 2.45) is 0 Å². The first-order chi connectivity index (χ1) is 32.5. The molecule has 66 heavy (non-hydrogen) atoms. The van der Waals surface area contributed by atoms with Gasteiger partial charge in [0.05, 0.1) is 11.1 Å². The lowest BCUT2D eigenvalue weighted by Crippen LogP contribution is -2.32. The van der Waals surface area contributed by atoms with E-state index in [1.54, 1.807) is 0 Å². The normalized spacial score (nSPS) is 14.0. The molecule has 1 heterocycles. The van der Waals surface area contributed by atoms with E-state index in [1.165, 1.54) is 72.3 Å². The van der Waals surface area contributed by atoms with Crippen molar-refractivity contribution in [1.29, 1.82) is 0 Å². The zero-order valence-corrected chi connectivity index (χ0v) is 36.9. The first-order valence-corrected chi connectivity index (χ1v) is 23.0. The third-order valence-corrected chi connectivity index (χ3v) is 14.5. The van der Waals surface area contributed by atoms with Gasteiger partial charge in [0, 0.05) is 33.5 Å². The third kappa shape index (κ3) is 5.61. The summed E-state index contributed by atoms with van der Waals surface area (Å²) >= 11 is 0. The molecule has 0 radical (unpaired) electrons. The maximum Gasteiger partial charge on any atom is 0.132 e. The zero-order chi connectivity index (χ0) is 44.0. The molecule has 1 aliphatic heterocycles. The van der Waals surface area contributed by atoms with Crippen molar-refractivity contribution in [1.82, 2.24) is 0 Å². The van der Waals surface area contributed by atoms with Gasteiger partial charge < -0.3 is 9.64 Å². The van der Waals surface area contributed by atoms with Crippen LogP contribution in [0.15, 0.2) is 237 Å². The topological polar surface area (TPSA) is 12.5 Å². The molecule has 2 aliphatic carbocycles. The van der Waals surface area contributed by atoms with Gasteiger partial charge in [-0.2, -0.15) is 0 Å². The van der Waals surface area contributed by atoms with E-state index < -0.39 is 5.41 Å². The van der Waals surface area contributed by atoms with E-state index in [9.17, 15) is 0 Å². The van der Waals surface area contributed by atoms with Crippen molar-refractivity contribution in [3.8, 4) is 67.1 Å². The van der Waals surface area contributed by atoms with Crippen LogP contribution >= 0.6 is 0 Å². The molecular formula is C64H45NO. The fourth-order valence-corrected chi connectivity index (χ4v) is 11.5. The van der Waals surface area contributed by atoms with Crippen LogP contribution in [0.2, 0.25) is 0 Å². The molecule has 0 N–H and O–H groups in total. The lowest BCUT2D eigenvalue weighted by Gasteiger charge is -2.39. The second kappa shape index (κ2) is 14.7. The fraction of sp³-hybridized carbons (Fsp3) is 0.0625. The molecule has 0 saturated heterocycles. The predicted molar refractivity (Wildman–Crippen MR) is 272 cm³/mol. The molecule has 0 saturated carbocycles. The van der Waals surface area contributed by atoms with Gasteiger partial charge in [0.2, 0.25) is 0 Å². The van der Waals surface area contributed by atoms with Gasteiger partial charge in [-0.25, -0.2) is 0 Å². The number of benzene rings is 10. The Kier molecular flexibility index (Phi) is 8.51. The van der Waals surface area contributed by atoms with Crippen LogP contribution in [0.5, 0.6) is 11.5 Å². The van der Waals surface area contributed by atoms with Gasteiger partial charge in [-0.05, 0) is 127 Å². The highest BCUT2D eigenvalue weighted by atomic mass is 16.5. The Hall–Kier alpha value is -8.20. The number of hydrogen-bond acceptors (Lipinski definition) is 2. The van der Waals surface area contributed by atoms with Crippen LogP contribution in [0.3, 0.4) is 0 Å². The van der Waals surface area contributed by atoms with E-state index in [0.717, 1.165) is 45.3 Å². The summed E-state index contributed by atoms with van der Waals surface area (Å²) in [5, 5.41) is 0. The molecule has 10 aromatic rings. The van der Waals surface area contributed by atoms with Crippen molar-refractivity contribution in [2.75, 3.05) is 4.90 Å². The van der Waals surface area contributed by atoms with Crippen LogP contribution in [-0.2, 0) is 10.8 Å². The van der Waals surface area contributed by atoms with Gasteiger partial charge >= 0.3 is 0 Å². The molecule has 0 bridgehead atoms. The van der Waals surface area contributed by atoms with Crippen molar-refractivity contribution in [3.63, 3.8) is 0 Å².